The van der Waals surface area contributed by atoms with Gasteiger partial charge < -0.3 is 25.4 Å². The van der Waals surface area contributed by atoms with Crippen molar-refractivity contribution in [1.29, 1.82) is 5.26 Å². The van der Waals surface area contributed by atoms with E-state index in [1.807, 2.05) is 6.07 Å². The van der Waals surface area contributed by atoms with Gasteiger partial charge in [-0.1, -0.05) is 0 Å². The van der Waals surface area contributed by atoms with Crippen LogP contribution in [0.3, 0.4) is 0 Å². The van der Waals surface area contributed by atoms with E-state index in [-0.39, 0.29) is 52.3 Å². The fraction of sp³-hybridized carbons (Fsp3) is 0.294. The molecule has 2 rings (SSSR count). The van der Waals surface area contributed by atoms with Crippen molar-refractivity contribution in [1.82, 2.24) is 0 Å². The zero-order valence-corrected chi connectivity index (χ0v) is 14.4. The maximum absolute atomic E-state index is 12.4. The number of nitrogens with zero attached hydrogens (tertiary/aromatic N) is 1. The lowest BCUT2D eigenvalue weighted by atomic mass is 9.80. The predicted molar refractivity (Wildman–Crippen MR) is 89.3 cm³/mol. The molecule has 0 saturated heterocycles. The predicted octanol–water partition coefficient (Wildman–Crippen LogP) is 2.48. The molecule has 1 aromatic rings. The smallest absolute Gasteiger partial charge is 0.338 e. The van der Waals surface area contributed by atoms with E-state index in [1.54, 1.807) is 6.92 Å². The van der Waals surface area contributed by atoms with Crippen LogP contribution in [0.2, 0.25) is 0 Å². The lowest BCUT2D eigenvalue weighted by Gasteiger charge is -2.28. The van der Waals surface area contributed by atoms with Gasteiger partial charge in [0.2, 0.25) is 5.88 Å². The van der Waals surface area contributed by atoms with Crippen LogP contribution in [0.25, 0.3) is 0 Å². The van der Waals surface area contributed by atoms with E-state index in [2.05, 4.69) is 0 Å². The third-order valence-corrected chi connectivity index (χ3v) is 4.05. The van der Waals surface area contributed by atoms with Gasteiger partial charge in [-0.05, 0) is 25.5 Å². The second kappa shape index (κ2) is 7.36. The minimum Gasteiger partial charge on any atom is -0.508 e. The van der Waals surface area contributed by atoms with Gasteiger partial charge in [0.1, 0.15) is 28.9 Å². The first-order valence-corrected chi connectivity index (χ1v) is 7.95. The average Bonchev–Trinajstić information content (AvgIpc) is 2.53. The number of aromatic hydroxyl groups is 2. The SMILES string of the molecule is CCOC(=O)C1=C(C)OC(N)=C(C#N)C1c1c(O)cc(O)cc1CCl. The Morgan fingerprint density at radius 3 is 2.72 bits per heavy atom. The Kier molecular flexibility index (Phi) is 5.45. The van der Waals surface area contributed by atoms with Crippen LogP contribution in [0.1, 0.15) is 30.9 Å². The summed E-state index contributed by atoms with van der Waals surface area (Å²) < 4.78 is 10.4. The fourth-order valence-electron chi connectivity index (χ4n) is 2.77. The quantitative estimate of drug-likeness (QED) is 0.553. The summed E-state index contributed by atoms with van der Waals surface area (Å²) in [5.41, 5.74) is 6.33. The summed E-state index contributed by atoms with van der Waals surface area (Å²) in [7, 11) is 0. The Hall–Kier alpha value is -2.85. The maximum atomic E-state index is 12.4. The van der Waals surface area contributed by atoms with Crippen LogP contribution >= 0.6 is 11.6 Å². The molecule has 4 N–H and O–H groups in total. The summed E-state index contributed by atoms with van der Waals surface area (Å²) in [6, 6.07) is 4.36. The number of phenolic OH excluding ortho intramolecular Hbond substituents is 2. The molecular formula is C17H17ClN2O5. The van der Waals surface area contributed by atoms with Gasteiger partial charge in [0, 0.05) is 17.5 Å². The molecule has 1 heterocycles. The monoisotopic (exact) mass is 364 g/mol. The second-order valence-electron chi connectivity index (χ2n) is 5.29. The zero-order chi connectivity index (χ0) is 18.7. The first-order chi connectivity index (χ1) is 11.8. The van der Waals surface area contributed by atoms with Crippen molar-refractivity contribution in [2.24, 2.45) is 5.73 Å². The minimum atomic E-state index is -1.02. The highest BCUT2D eigenvalue weighted by Crippen LogP contribution is 2.45. The van der Waals surface area contributed by atoms with Crippen LogP contribution < -0.4 is 5.73 Å². The Morgan fingerprint density at radius 2 is 2.16 bits per heavy atom. The number of carbonyl (C=O) groups is 1. The fourth-order valence-corrected chi connectivity index (χ4v) is 2.99. The van der Waals surface area contributed by atoms with Crippen LogP contribution in [0.5, 0.6) is 11.5 Å². The molecule has 1 aliphatic rings. The van der Waals surface area contributed by atoms with Gasteiger partial charge in [-0.15, -0.1) is 11.6 Å². The molecule has 25 heavy (non-hydrogen) atoms. The number of esters is 1. The van der Waals surface area contributed by atoms with E-state index >= 15 is 0 Å². The van der Waals surface area contributed by atoms with Crippen LogP contribution in [0.15, 0.2) is 34.9 Å². The molecule has 0 spiro atoms. The molecule has 8 heteroatoms. The topological polar surface area (TPSA) is 126 Å². The molecule has 1 aromatic carbocycles. The second-order valence-corrected chi connectivity index (χ2v) is 5.55. The van der Waals surface area contributed by atoms with Crippen molar-refractivity contribution in [3.63, 3.8) is 0 Å². The summed E-state index contributed by atoms with van der Waals surface area (Å²) in [5.74, 6) is -2.32. The van der Waals surface area contributed by atoms with Crippen molar-refractivity contribution in [2.45, 2.75) is 25.6 Å². The average molecular weight is 365 g/mol. The van der Waals surface area contributed by atoms with Gasteiger partial charge in [-0.3, -0.25) is 0 Å². The lowest BCUT2D eigenvalue weighted by Crippen LogP contribution is -2.26. The number of benzene rings is 1. The largest absolute Gasteiger partial charge is 0.508 e. The summed E-state index contributed by atoms with van der Waals surface area (Å²) >= 11 is 5.93. The summed E-state index contributed by atoms with van der Waals surface area (Å²) in [5, 5.41) is 29.6. The van der Waals surface area contributed by atoms with E-state index in [0.29, 0.717) is 5.56 Å². The third kappa shape index (κ3) is 3.35. The normalized spacial score (nSPS) is 17.1. The van der Waals surface area contributed by atoms with Crippen molar-refractivity contribution < 1.29 is 24.5 Å². The number of nitriles is 1. The number of rotatable bonds is 4. The Balaban J connectivity index is 2.78. The molecule has 0 saturated carbocycles. The highest BCUT2D eigenvalue weighted by atomic mass is 35.5. The number of halogens is 1. The van der Waals surface area contributed by atoms with Crippen molar-refractivity contribution in [2.75, 3.05) is 6.61 Å². The number of carbonyl (C=O) groups excluding carboxylic acids is 1. The molecule has 1 atom stereocenters. The number of phenols is 2. The summed E-state index contributed by atoms with van der Waals surface area (Å²) in [6.07, 6.45) is 0. The van der Waals surface area contributed by atoms with Gasteiger partial charge in [0.05, 0.1) is 18.1 Å². The van der Waals surface area contributed by atoms with Crippen molar-refractivity contribution >= 4 is 17.6 Å². The van der Waals surface area contributed by atoms with Gasteiger partial charge in [-0.2, -0.15) is 5.26 Å². The Bertz CT molecular complexity index is 823. The zero-order valence-electron chi connectivity index (χ0n) is 13.7. The van der Waals surface area contributed by atoms with Gasteiger partial charge in [0.25, 0.3) is 0 Å². The molecule has 0 bridgehead atoms. The van der Waals surface area contributed by atoms with E-state index in [1.165, 1.54) is 13.0 Å². The molecule has 132 valence electrons. The van der Waals surface area contributed by atoms with Crippen molar-refractivity contribution in [3.05, 3.63) is 46.0 Å². The Labute approximate surface area is 149 Å². The number of nitrogens with two attached hydrogens (primary N) is 1. The van der Waals surface area contributed by atoms with E-state index in [0.717, 1.165) is 6.07 Å². The van der Waals surface area contributed by atoms with Crippen LogP contribution in [-0.2, 0) is 20.1 Å². The molecule has 1 unspecified atom stereocenters. The van der Waals surface area contributed by atoms with E-state index in [4.69, 9.17) is 26.8 Å². The first kappa shape index (κ1) is 18.5. The molecule has 0 radical (unpaired) electrons. The van der Waals surface area contributed by atoms with Gasteiger partial charge in [-0.25, -0.2) is 4.79 Å². The molecule has 7 nitrogen and oxygen atoms in total. The number of alkyl halides is 1. The number of allylic oxidation sites excluding steroid dienone is 2. The minimum absolute atomic E-state index is 0.0416. The maximum Gasteiger partial charge on any atom is 0.338 e. The molecule has 0 amide bonds. The number of ether oxygens (including phenoxy) is 2. The van der Waals surface area contributed by atoms with Crippen LogP contribution in [0, 0.1) is 11.3 Å². The molecule has 0 fully saturated rings. The van der Waals surface area contributed by atoms with E-state index < -0.39 is 11.9 Å². The van der Waals surface area contributed by atoms with Gasteiger partial charge >= 0.3 is 5.97 Å². The number of hydrogen-bond donors (Lipinski definition) is 3. The van der Waals surface area contributed by atoms with Gasteiger partial charge in [0.15, 0.2) is 0 Å². The highest BCUT2D eigenvalue weighted by Gasteiger charge is 2.38. The first-order valence-electron chi connectivity index (χ1n) is 7.41. The van der Waals surface area contributed by atoms with E-state index in [9.17, 15) is 20.3 Å². The van der Waals surface area contributed by atoms with Crippen LogP contribution in [-0.4, -0.2) is 22.8 Å². The van der Waals surface area contributed by atoms with Crippen LogP contribution in [0.4, 0.5) is 0 Å². The molecule has 1 aliphatic heterocycles. The van der Waals surface area contributed by atoms with Crippen molar-refractivity contribution in [3.8, 4) is 17.6 Å². The molecule has 0 aliphatic carbocycles. The summed E-state index contributed by atoms with van der Waals surface area (Å²) in [6.45, 7) is 3.27. The number of hydrogen-bond acceptors (Lipinski definition) is 7. The summed E-state index contributed by atoms with van der Waals surface area (Å²) in [4.78, 5) is 12.4. The Morgan fingerprint density at radius 1 is 1.48 bits per heavy atom. The molecular weight excluding hydrogens is 348 g/mol. The highest BCUT2D eigenvalue weighted by molar-refractivity contribution is 6.17. The molecule has 0 aromatic heterocycles. The lowest BCUT2D eigenvalue weighted by molar-refractivity contribution is -0.139. The third-order valence-electron chi connectivity index (χ3n) is 3.76. The standard InChI is InChI=1S/C17H17ClN2O5/c1-3-24-17(23)13-8(2)25-16(20)11(7-19)15(13)14-9(6-18)4-10(21)5-12(14)22/h4-5,15,21-22H,3,6,20H2,1-2H3.